The van der Waals surface area contributed by atoms with Crippen LogP contribution in [0.2, 0.25) is 0 Å². The molecule has 1 nitrogen and oxygen atoms in total. The molecule has 0 unspecified atom stereocenters. The molecule has 0 radical (unpaired) electrons. The molecule has 66 valence electrons. The van der Waals surface area contributed by atoms with Crippen molar-refractivity contribution in [3.8, 4) is 0 Å². The highest BCUT2D eigenvalue weighted by molar-refractivity contribution is 6.19. The first-order chi connectivity index (χ1) is 5.76. The lowest BCUT2D eigenvalue weighted by Crippen LogP contribution is -1.80. The minimum absolute atomic E-state index is 0.580. The van der Waals surface area contributed by atoms with Crippen molar-refractivity contribution in [2.75, 3.05) is 5.88 Å². The van der Waals surface area contributed by atoms with Crippen LogP contribution >= 0.6 is 11.6 Å². The summed E-state index contributed by atoms with van der Waals surface area (Å²) >= 11 is 5.71. The molecule has 2 heteroatoms. The molecule has 12 heavy (non-hydrogen) atoms. The lowest BCUT2D eigenvalue weighted by Gasteiger charge is -1.95. The highest BCUT2D eigenvalue weighted by Crippen LogP contribution is 2.13. The summed E-state index contributed by atoms with van der Waals surface area (Å²) in [7, 11) is 0. The van der Waals surface area contributed by atoms with Gasteiger partial charge < -0.3 is 4.42 Å². The lowest BCUT2D eigenvalue weighted by atomic mass is 10.2. The second-order valence-corrected chi connectivity index (χ2v) is 3.01. The molecule has 0 atom stereocenters. The molecule has 1 aromatic rings. The largest absolute Gasteiger partial charge is 0.462 e. The zero-order chi connectivity index (χ0) is 8.97. The van der Waals surface area contributed by atoms with E-state index in [0.29, 0.717) is 5.88 Å². The van der Waals surface area contributed by atoms with Gasteiger partial charge in [-0.3, -0.25) is 0 Å². The Labute approximate surface area is 78.0 Å². The summed E-state index contributed by atoms with van der Waals surface area (Å²) in [6.45, 7) is 4.02. The number of allylic oxidation sites excluding steroid dienone is 1. The smallest absolute Gasteiger partial charge is 0.127 e. The number of rotatable bonds is 3. The van der Waals surface area contributed by atoms with Crippen molar-refractivity contribution in [2.24, 2.45) is 0 Å². The Morgan fingerprint density at radius 3 is 2.75 bits per heavy atom. The molecule has 0 aliphatic rings. The van der Waals surface area contributed by atoms with Gasteiger partial charge in [-0.15, -0.1) is 11.6 Å². The third-order valence-electron chi connectivity index (χ3n) is 1.73. The lowest BCUT2D eigenvalue weighted by molar-refractivity contribution is 0.524. The normalized spacial score (nSPS) is 12.1. The van der Waals surface area contributed by atoms with E-state index in [4.69, 9.17) is 16.0 Å². The average molecular weight is 185 g/mol. The quantitative estimate of drug-likeness (QED) is 0.654. The van der Waals surface area contributed by atoms with Crippen LogP contribution in [-0.4, -0.2) is 5.88 Å². The van der Waals surface area contributed by atoms with E-state index in [2.05, 4.69) is 6.92 Å². The van der Waals surface area contributed by atoms with E-state index in [0.717, 1.165) is 17.9 Å². The topological polar surface area (TPSA) is 13.1 Å². The van der Waals surface area contributed by atoms with Gasteiger partial charge >= 0.3 is 0 Å². The first-order valence-electron chi connectivity index (χ1n) is 4.08. The number of alkyl halides is 1. The number of halogens is 1. The SMILES string of the molecule is CC/C(=C/c1ccc(C)o1)CCl. The molecule has 0 aliphatic carbocycles. The molecule has 0 bridgehead atoms. The van der Waals surface area contributed by atoms with Crippen molar-refractivity contribution < 1.29 is 4.42 Å². The van der Waals surface area contributed by atoms with E-state index >= 15 is 0 Å². The van der Waals surface area contributed by atoms with E-state index in [1.807, 2.05) is 25.1 Å². The Kier molecular flexibility index (Phi) is 3.42. The minimum Gasteiger partial charge on any atom is -0.462 e. The summed E-state index contributed by atoms with van der Waals surface area (Å²) in [5.74, 6) is 2.41. The van der Waals surface area contributed by atoms with Crippen molar-refractivity contribution >= 4 is 17.7 Å². The molecule has 1 aromatic heterocycles. The van der Waals surface area contributed by atoms with Gasteiger partial charge in [0.25, 0.3) is 0 Å². The number of aryl methyl sites for hydroxylation is 1. The molecule has 0 amide bonds. The Bertz CT molecular complexity index is 267. The van der Waals surface area contributed by atoms with Crippen LogP contribution in [0.25, 0.3) is 6.08 Å². The summed E-state index contributed by atoms with van der Waals surface area (Å²) < 4.78 is 5.38. The number of hydrogen-bond acceptors (Lipinski definition) is 1. The van der Waals surface area contributed by atoms with Crippen LogP contribution in [0.3, 0.4) is 0 Å². The Morgan fingerprint density at radius 2 is 2.33 bits per heavy atom. The van der Waals surface area contributed by atoms with Gasteiger partial charge in [-0.2, -0.15) is 0 Å². The van der Waals surface area contributed by atoms with Crippen LogP contribution < -0.4 is 0 Å². The highest BCUT2D eigenvalue weighted by Gasteiger charge is 1.96. The fourth-order valence-corrected chi connectivity index (χ4v) is 1.23. The summed E-state index contributed by atoms with van der Waals surface area (Å²) in [6, 6.07) is 3.91. The van der Waals surface area contributed by atoms with Gasteiger partial charge in [0.15, 0.2) is 0 Å². The van der Waals surface area contributed by atoms with Crippen molar-refractivity contribution in [3.63, 3.8) is 0 Å². The molecule has 1 rings (SSSR count). The molecule has 0 saturated carbocycles. The zero-order valence-corrected chi connectivity index (χ0v) is 8.19. The maximum atomic E-state index is 5.71. The molecule has 0 N–H and O–H groups in total. The van der Waals surface area contributed by atoms with Crippen molar-refractivity contribution in [1.29, 1.82) is 0 Å². The van der Waals surface area contributed by atoms with Gasteiger partial charge in [-0.1, -0.05) is 12.5 Å². The van der Waals surface area contributed by atoms with Crippen LogP contribution in [-0.2, 0) is 0 Å². The van der Waals surface area contributed by atoms with E-state index in [1.54, 1.807) is 0 Å². The van der Waals surface area contributed by atoms with Crippen LogP contribution in [0.5, 0.6) is 0 Å². The van der Waals surface area contributed by atoms with Crippen LogP contribution in [0.15, 0.2) is 22.1 Å². The van der Waals surface area contributed by atoms with Crippen molar-refractivity contribution in [1.82, 2.24) is 0 Å². The Morgan fingerprint density at radius 1 is 1.58 bits per heavy atom. The highest BCUT2D eigenvalue weighted by atomic mass is 35.5. The van der Waals surface area contributed by atoms with Gasteiger partial charge in [-0.25, -0.2) is 0 Å². The van der Waals surface area contributed by atoms with Gasteiger partial charge in [0.05, 0.1) is 0 Å². The molecular formula is C10H13ClO. The fourth-order valence-electron chi connectivity index (χ4n) is 0.967. The van der Waals surface area contributed by atoms with Crippen molar-refractivity contribution in [2.45, 2.75) is 20.3 Å². The molecular weight excluding hydrogens is 172 g/mol. The van der Waals surface area contributed by atoms with Crippen LogP contribution in [0.4, 0.5) is 0 Å². The number of hydrogen-bond donors (Lipinski definition) is 0. The van der Waals surface area contributed by atoms with E-state index in [1.165, 1.54) is 5.57 Å². The summed E-state index contributed by atoms with van der Waals surface area (Å²) in [4.78, 5) is 0. The molecule has 0 saturated heterocycles. The molecule has 0 fully saturated rings. The van der Waals surface area contributed by atoms with Crippen molar-refractivity contribution in [3.05, 3.63) is 29.2 Å². The minimum atomic E-state index is 0.580. The second kappa shape index (κ2) is 4.36. The Balaban J connectivity index is 2.78. The van der Waals surface area contributed by atoms with Crippen LogP contribution in [0.1, 0.15) is 24.9 Å². The van der Waals surface area contributed by atoms with Gasteiger partial charge in [0.2, 0.25) is 0 Å². The average Bonchev–Trinajstić information content (AvgIpc) is 2.47. The number of furan rings is 1. The summed E-state index contributed by atoms with van der Waals surface area (Å²) in [5.41, 5.74) is 1.20. The maximum absolute atomic E-state index is 5.71. The van der Waals surface area contributed by atoms with E-state index < -0.39 is 0 Å². The van der Waals surface area contributed by atoms with Gasteiger partial charge in [0.1, 0.15) is 11.5 Å². The second-order valence-electron chi connectivity index (χ2n) is 2.74. The first-order valence-corrected chi connectivity index (χ1v) is 4.61. The summed E-state index contributed by atoms with van der Waals surface area (Å²) in [6.07, 6.45) is 2.98. The summed E-state index contributed by atoms with van der Waals surface area (Å²) in [5, 5.41) is 0. The zero-order valence-electron chi connectivity index (χ0n) is 7.43. The van der Waals surface area contributed by atoms with Gasteiger partial charge in [-0.05, 0) is 31.6 Å². The maximum Gasteiger partial charge on any atom is 0.127 e. The monoisotopic (exact) mass is 184 g/mol. The predicted molar refractivity (Wildman–Crippen MR) is 52.4 cm³/mol. The van der Waals surface area contributed by atoms with E-state index in [9.17, 15) is 0 Å². The molecule has 0 spiro atoms. The Hall–Kier alpha value is -0.690. The molecule has 1 heterocycles. The fraction of sp³-hybridized carbons (Fsp3) is 0.400. The predicted octanol–water partition coefficient (Wildman–Crippen LogP) is 3.62. The molecule has 0 aromatic carbocycles. The third kappa shape index (κ3) is 2.42. The van der Waals surface area contributed by atoms with Gasteiger partial charge in [0, 0.05) is 5.88 Å². The standard InChI is InChI=1S/C10H13ClO/c1-3-9(7-11)6-10-5-4-8(2)12-10/h4-6H,3,7H2,1-2H3/b9-6-. The van der Waals surface area contributed by atoms with E-state index in [-0.39, 0.29) is 0 Å². The first kappa shape index (κ1) is 9.40. The third-order valence-corrected chi connectivity index (χ3v) is 2.08. The molecule has 0 aliphatic heterocycles. The van der Waals surface area contributed by atoms with Crippen LogP contribution in [0, 0.1) is 6.92 Å².